The molecule has 6 nitrogen and oxygen atoms in total. The molecule has 1 aliphatic carbocycles. The highest BCUT2D eigenvalue weighted by atomic mass is 16.5. The van der Waals surface area contributed by atoms with Crippen LogP contribution in [0.25, 0.3) is 11.3 Å². The number of aryl methyl sites for hydroxylation is 1. The molecule has 2 heterocycles. The Kier molecular flexibility index (Phi) is 5.25. The van der Waals surface area contributed by atoms with Gasteiger partial charge in [0.15, 0.2) is 0 Å². The van der Waals surface area contributed by atoms with Crippen molar-refractivity contribution in [2.24, 2.45) is 13.0 Å². The van der Waals surface area contributed by atoms with Crippen molar-refractivity contribution in [3.8, 4) is 11.3 Å². The lowest BCUT2D eigenvalue weighted by Gasteiger charge is -2.28. The summed E-state index contributed by atoms with van der Waals surface area (Å²) >= 11 is 0. The molecule has 0 radical (unpaired) electrons. The SMILES string of the molecule is CC1CCCCC1OCC(=O)Nc1cccnc1-c1cnn(C)c1. The lowest BCUT2D eigenvalue weighted by molar-refractivity contribution is -0.124. The van der Waals surface area contributed by atoms with Gasteiger partial charge >= 0.3 is 0 Å². The molecule has 2 atom stereocenters. The number of aromatic nitrogens is 3. The molecule has 2 aromatic heterocycles. The van der Waals surface area contributed by atoms with Gasteiger partial charge < -0.3 is 10.1 Å². The Labute approximate surface area is 142 Å². The van der Waals surface area contributed by atoms with Crippen LogP contribution < -0.4 is 5.32 Å². The van der Waals surface area contributed by atoms with Crippen molar-refractivity contribution in [3.63, 3.8) is 0 Å². The summed E-state index contributed by atoms with van der Waals surface area (Å²) < 4.78 is 7.54. The molecule has 0 saturated heterocycles. The summed E-state index contributed by atoms with van der Waals surface area (Å²) in [5.74, 6) is 0.377. The van der Waals surface area contributed by atoms with E-state index in [1.807, 2.05) is 19.3 Å². The van der Waals surface area contributed by atoms with Gasteiger partial charge in [-0.25, -0.2) is 0 Å². The van der Waals surface area contributed by atoms with Crippen LogP contribution in [0.4, 0.5) is 5.69 Å². The first kappa shape index (κ1) is 16.6. The summed E-state index contributed by atoms with van der Waals surface area (Å²) in [6.45, 7) is 2.28. The molecule has 0 aromatic carbocycles. The third-order valence-corrected chi connectivity index (χ3v) is 4.52. The van der Waals surface area contributed by atoms with E-state index >= 15 is 0 Å². The average molecular weight is 328 g/mol. The highest BCUT2D eigenvalue weighted by molar-refractivity contribution is 5.95. The van der Waals surface area contributed by atoms with Gasteiger partial charge in [0.1, 0.15) is 6.61 Å². The number of carbonyl (C=O) groups excluding carboxylic acids is 1. The zero-order valence-electron chi connectivity index (χ0n) is 14.2. The second-order valence-corrected chi connectivity index (χ2v) is 6.46. The minimum atomic E-state index is -0.147. The van der Waals surface area contributed by atoms with Gasteiger partial charge in [0, 0.05) is 25.0 Å². The maximum atomic E-state index is 12.3. The van der Waals surface area contributed by atoms with Gasteiger partial charge in [-0.3, -0.25) is 14.5 Å². The van der Waals surface area contributed by atoms with E-state index in [-0.39, 0.29) is 18.6 Å². The molecule has 6 heteroatoms. The fraction of sp³-hybridized carbons (Fsp3) is 0.500. The molecule has 1 fully saturated rings. The lowest BCUT2D eigenvalue weighted by atomic mass is 9.88. The van der Waals surface area contributed by atoms with Crippen molar-refractivity contribution >= 4 is 11.6 Å². The topological polar surface area (TPSA) is 69.0 Å². The summed E-state index contributed by atoms with van der Waals surface area (Å²) in [4.78, 5) is 16.6. The fourth-order valence-electron chi connectivity index (χ4n) is 3.18. The Bertz CT molecular complexity index is 698. The van der Waals surface area contributed by atoms with Crippen LogP contribution in [0.15, 0.2) is 30.7 Å². The number of hydrogen-bond donors (Lipinski definition) is 1. The van der Waals surface area contributed by atoms with Crippen LogP contribution >= 0.6 is 0 Å². The van der Waals surface area contributed by atoms with Crippen LogP contribution in [0.1, 0.15) is 32.6 Å². The number of amides is 1. The second kappa shape index (κ2) is 7.57. The molecule has 1 amide bonds. The number of ether oxygens (including phenoxy) is 1. The number of rotatable bonds is 5. The molecular weight excluding hydrogens is 304 g/mol. The van der Waals surface area contributed by atoms with E-state index in [1.165, 1.54) is 19.3 Å². The van der Waals surface area contributed by atoms with Crippen LogP contribution in [-0.2, 0) is 16.6 Å². The maximum Gasteiger partial charge on any atom is 0.250 e. The number of anilines is 1. The Hall–Kier alpha value is -2.21. The minimum absolute atomic E-state index is 0.0797. The van der Waals surface area contributed by atoms with Crippen molar-refractivity contribution in [1.82, 2.24) is 14.8 Å². The molecule has 128 valence electrons. The first-order chi connectivity index (χ1) is 11.6. The molecular formula is C18H24N4O2. The largest absolute Gasteiger partial charge is 0.368 e. The van der Waals surface area contributed by atoms with E-state index in [4.69, 9.17) is 4.74 Å². The number of nitrogens with zero attached hydrogens (tertiary/aromatic N) is 3. The van der Waals surface area contributed by atoms with Crippen LogP contribution in [0.3, 0.4) is 0 Å². The molecule has 1 N–H and O–H groups in total. The van der Waals surface area contributed by atoms with Crippen LogP contribution in [-0.4, -0.2) is 33.4 Å². The number of hydrogen-bond acceptors (Lipinski definition) is 4. The van der Waals surface area contributed by atoms with E-state index < -0.39 is 0 Å². The summed E-state index contributed by atoms with van der Waals surface area (Å²) in [5.41, 5.74) is 2.26. The quantitative estimate of drug-likeness (QED) is 0.916. The summed E-state index contributed by atoms with van der Waals surface area (Å²) in [7, 11) is 1.85. The summed E-state index contributed by atoms with van der Waals surface area (Å²) in [5, 5.41) is 7.07. The van der Waals surface area contributed by atoms with Crippen LogP contribution in [0.2, 0.25) is 0 Å². The molecule has 24 heavy (non-hydrogen) atoms. The van der Waals surface area contributed by atoms with E-state index in [0.717, 1.165) is 12.0 Å². The van der Waals surface area contributed by atoms with E-state index in [0.29, 0.717) is 17.3 Å². The molecule has 1 saturated carbocycles. The Morgan fingerprint density at radius 1 is 1.42 bits per heavy atom. The molecule has 0 spiro atoms. The van der Waals surface area contributed by atoms with Gasteiger partial charge in [0.2, 0.25) is 5.91 Å². The highest BCUT2D eigenvalue weighted by Crippen LogP contribution is 2.27. The maximum absolute atomic E-state index is 12.3. The second-order valence-electron chi connectivity index (χ2n) is 6.46. The fourth-order valence-corrected chi connectivity index (χ4v) is 3.18. The zero-order valence-corrected chi connectivity index (χ0v) is 14.2. The van der Waals surface area contributed by atoms with Gasteiger partial charge in [0.05, 0.1) is 23.7 Å². The number of pyridine rings is 1. The van der Waals surface area contributed by atoms with Gasteiger partial charge in [-0.15, -0.1) is 0 Å². The molecule has 3 rings (SSSR count). The van der Waals surface area contributed by atoms with Crippen molar-refractivity contribution in [2.45, 2.75) is 38.7 Å². The zero-order chi connectivity index (χ0) is 16.9. The first-order valence-corrected chi connectivity index (χ1v) is 8.49. The van der Waals surface area contributed by atoms with E-state index in [1.54, 1.807) is 23.1 Å². The number of carbonyl (C=O) groups is 1. The Balaban J connectivity index is 1.62. The van der Waals surface area contributed by atoms with Crippen molar-refractivity contribution < 1.29 is 9.53 Å². The van der Waals surface area contributed by atoms with Gasteiger partial charge in [-0.2, -0.15) is 5.10 Å². The van der Waals surface area contributed by atoms with Crippen LogP contribution in [0, 0.1) is 5.92 Å². The normalized spacial score (nSPS) is 20.8. The molecule has 0 bridgehead atoms. The molecule has 2 unspecified atom stereocenters. The predicted molar refractivity (Wildman–Crippen MR) is 92.4 cm³/mol. The van der Waals surface area contributed by atoms with E-state index in [2.05, 4.69) is 22.3 Å². The van der Waals surface area contributed by atoms with Crippen molar-refractivity contribution in [1.29, 1.82) is 0 Å². The standard InChI is InChI=1S/C18H24N4O2/c1-13-6-3-4-8-16(13)24-12-17(23)21-15-7-5-9-19-18(15)14-10-20-22(2)11-14/h5,7,9-11,13,16H,3-4,6,8,12H2,1-2H3,(H,21,23). The molecule has 2 aromatic rings. The first-order valence-electron chi connectivity index (χ1n) is 8.49. The third-order valence-electron chi connectivity index (χ3n) is 4.52. The Morgan fingerprint density at radius 2 is 2.25 bits per heavy atom. The Morgan fingerprint density at radius 3 is 3.00 bits per heavy atom. The number of nitrogens with one attached hydrogen (secondary N) is 1. The van der Waals surface area contributed by atoms with Crippen LogP contribution in [0.5, 0.6) is 0 Å². The van der Waals surface area contributed by atoms with E-state index in [9.17, 15) is 4.79 Å². The van der Waals surface area contributed by atoms with Gasteiger partial charge in [-0.1, -0.05) is 19.8 Å². The van der Waals surface area contributed by atoms with Gasteiger partial charge in [-0.05, 0) is 30.9 Å². The van der Waals surface area contributed by atoms with Crippen molar-refractivity contribution in [3.05, 3.63) is 30.7 Å². The minimum Gasteiger partial charge on any atom is -0.368 e. The molecule has 1 aliphatic rings. The summed E-state index contributed by atoms with van der Waals surface area (Å²) in [6, 6.07) is 3.65. The lowest BCUT2D eigenvalue weighted by Crippen LogP contribution is -2.29. The highest BCUT2D eigenvalue weighted by Gasteiger charge is 2.22. The third kappa shape index (κ3) is 4.00. The monoisotopic (exact) mass is 328 g/mol. The predicted octanol–water partition coefficient (Wildman–Crippen LogP) is 3.02. The average Bonchev–Trinajstić information content (AvgIpc) is 3.01. The smallest absolute Gasteiger partial charge is 0.250 e. The van der Waals surface area contributed by atoms with Gasteiger partial charge in [0.25, 0.3) is 0 Å². The van der Waals surface area contributed by atoms with Crippen molar-refractivity contribution in [2.75, 3.05) is 11.9 Å². The molecule has 0 aliphatic heterocycles. The summed E-state index contributed by atoms with van der Waals surface area (Å²) in [6.07, 6.45) is 10.2.